The van der Waals surface area contributed by atoms with E-state index >= 15 is 0 Å². The molecule has 1 amide bonds. The summed E-state index contributed by atoms with van der Waals surface area (Å²) < 4.78 is 14.0. The van der Waals surface area contributed by atoms with Crippen LogP contribution >= 0.6 is 0 Å². The van der Waals surface area contributed by atoms with E-state index in [-0.39, 0.29) is 11.5 Å². The second kappa shape index (κ2) is 7.57. The van der Waals surface area contributed by atoms with E-state index in [2.05, 4.69) is 13.8 Å². The highest BCUT2D eigenvalue weighted by Crippen LogP contribution is 2.14. The van der Waals surface area contributed by atoms with Crippen LogP contribution in [0.1, 0.15) is 36.2 Å². The van der Waals surface area contributed by atoms with Crippen LogP contribution in [-0.4, -0.2) is 35.5 Å². The van der Waals surface area contributed by atoms with E-state index in [4.69, 9.17) is 5.11 Å². The van der Waals surface area contributed by atoms with Crippen LogP contribution in [0.15, 0.2) is 24.3 Å². The highest BCUT2D eigenvalue weighted by molar-refractivity contribution is 5.94. The zero-order chi connectivity index (χ0) is 16.0. The summed E-state index contributed by atoms with van der Waals surface area (Å²) in [5.74, 6) is -1.66. The third-order valence-electron chi connectivity index (χ3n) is 3.03. The first-order valence-electron chi connectivity index (χ1n) is 6.77. The monoisotopic (exact) mass is 293 g/mol. The number of nitrogens with zero attached hydrogens (tertiary/aromatic N) is 1. The summed E-state index contributed by atoms with van der Waals surface area (Å²) >= 11 is 0. The second-order valence-corrected chi connectivity index (χ2v) is 5.32. The van der Waals surface area contributed by atoms with Gasteiger partial charge in [0.1, 0.15) is 5.82 Å². The number of amides is 1. The fraction of sp³-hybridized carbons (Fsp3) is 0.375. The largest absolute Gasteiger partial charge is 0.478 e. The van der Waals surface area contributed by atoms with Crippen LogP contribution in [0.5, 0.6) is 0 Å². The molecule has 0 heterocycles. The van der Waals surface area contributed by atoms with E-state index < -0.39 is 11.8 Å². The smallest absolute Gasteiger partial charge is 0.328 e. The fourth-order valence-corrected chi connectivity index (χ4v) is 1.74. The molecule has 114 valence electrons. The Bertz CT molecular complexity index is 552. The van der Waals surface area contributed by atoms with Crippen molar-refractivity contribution in [3.8, 4) is 0 Å². The van der Waals surface area contributed by atoms with Gasteiger partial charge in [-0.15, -0.1) is 0 Å². The Kier molecular flexibility index (Phi) is 6.09. The lowest BCUT2D eigenvalue weighted by atomic mass is 10.1. The van der Waals surface area contributed by atoms with E-state index in [1.54, 1.807) is 7.05 Å². The summed E-state index contributed by atoms with van der Waals surface area (Å²) in [4.78, 5) is 24.0. The maximum absolute atomic E-state index is 14.0. The average Bonchev–Trinajstić information content (AvgIpc) is 2.41. The molecular formula is C16H20FNO3. The highest BCUT2D eigenvalue weighted by atomic mass is 19.1. The Hall–Kier alpha value is -2.17. The van der Waals surface area contributed by atoms with Crippen LogP contribution in [0, 0.1) is 11.7 Å². The van der Waals surface area contributed by atoms with Gasteiger partial charge in [0.25, 0.3) is 5.91 Å². The van der Waals surface area contributed by atoms with E-state index in [0.29, 0.717) is 18.0 Å². The summed E-state index contributed by atoms with van der Waals surface area (Å²) in [5, 5.41) is 8.52. The Morgan fingerprint density at radius 2 is 2.05 bits per heavy atom. The Balaban J connectivity index is 2.84. The van der Waals surface area contributed by atoms with Crippen LogP contribution in [0.3, 0.4) is 0 Å². The lowest BCUT2D eigenvalue weighted by Crippen LogP contribution is -2.29. The molecule has 1 rings (SSSR count). The number of carboxylic acids is 1. The molecule has 21 heavy (non-hydrogen) atoms. The number of rotatable bonds is 6. The van der Waals surface area contributed by atoms with Gasteiger partial charge in [0.05, 0.1) is 5.56 Å². The molecule has 0 aromatic heterocycles. The maximum Gasteiger partial charge on any atom is 0.328 e. The molecule has 0 aliphatic carbocycles. The normalized spacial score (nSPS) is 11.1. The van der Waals surface area contributed by atoms with Crippen molar-refractivity contribution in [2.75, 3.05) is 13.6 Å². The van der Waals surface area contributed by atoms with Crippen molar-refractivity contribution in [3.63, 3.8) is 0 Å². The molecule has 0 fully saturated rings. The number of hydrogen-bond acceptors (Lipinski definition) is 2. The van der Waals surface area contributed by atoms with Crippen molar-refractivity contribution in [2.24, 2.45) is 5.92 Å². The summed E-state index contributed by atoms with van der Waals surface area (Å²) in [5.41, 5.74) is 0.394. The maximum atomic E-state index is 14.0. The molecule has 5 heteroatoms. The minimum Gasteiger partial charge on any atom is -0.478 e. The van der Waals surface area contributed by atoms with Gasteiger partial charge in [0, 0.05) is 19.7 Å². The molecule has 0 radical (unpaired) electrons. The number of hydrogen-bond donors (Lipinski definition) is 1. The van der Waals surface area contributed by atoms with E-state index in [1.165, 1.54) is 23.1 Å². The van der Waals surface area contributed by atoms with Crippen molar-refractivity contribution in [3.05, 3.63) is 41.2 Å². The van der Waals surface area contributed by atoms with Crippen LogP contribution in [0.25, 0.3) is 6.08 Å². The minimum atomic E-state index is -1.11. The number of carbonyl (C=O) groups excluding carboxylic acids is 1. The lowest BCUT2D eigenvalue weighted by Gasteiger charge is -2.18. The van der Waals surface area contributed by atoms with E-state index in [0.717, 1.165) is 18.6 Å². The van der Waals surface area contributed by atoms with Crippen LogP contribution < -0.4 is 0 Å². The number of benzene rings is 1. The van der Waals surface area contributed by atoms with E-state index in [1.807, 2.05) is 0 Å². The van der Waals surface area contributed by atoms with Crippen molar-refractivity contribution >= 4 is 18.0 Å². The van der Waals surface area contributed by atoms with Gasteiger partial charge in [-0.1, -0.05) is 19.9 Å². The van der Waals surface area contributed by atoms with Crippen LogP contribution in [0.4, 0.5) is 4.39 Å². The first-order valence-corrected chi connectivity index (χ1v) is 6.77. The summed E-state index contributed by atoms with van der Waals surface area (Å²) in [6.45, 7) is 4.68. The molecule has 0 aliphatic heterocycles. The van der Waals surface area contributed by atoms with Gasteiger partial charge >= 0.3 is 5.97 Å². The first kappa shape index (κ1) is 16.9. The predicted octanol–water partition coefficient (Wildman–Crippen LogP) is 3.04. The summed E-state index contributed by atoms with van der Waals surface area (Å²) in [6, 6.07) is 4.06. The van der Waals surface area contributed by atoms with Gasteiger partial charge in [-0.05, 0) is 36.1 Å². The topological polar surface area (TPSA) is 57.6 Å². The van der Waals surface area contributed by atoms with Gasteiger partial charge < -0.3 is 10.0 Å². The van der Waals surface area contributed by atoms with Crippen molar-refractivity contribution in [1.29, 1.82) is 0 Å². The second-order valence-electron chi connectivity index (χ2n) is 5.32. The molecule has 0 atom stereocenters. The summed E-state index contributed by atoms with van der Waals surface area (Å²) in [7, 11) is 1.64. The van der Waals surface area contributed by atoms with Crippen LogP contribution in [-0.2, 0) is 4.79 Å². The molecule has 1 aromatic carbocycles. The Labute approximate surface area is 123 Å². The number of carbonyl (C=O) groups is 2. The van der Waals surface area contributed by atoms with Crippen molar-refractivity contribution in [2.45, 2.75) is 20.3 Å². The minimum absolute atomic E-state index is 0.00580. The molecule has 0 bridgehead atoms. The zero-order valence-corrected chi connectivity index (χ0v) is 12.5. The third-order valence-corrected chi connectivity index (χ3v) is 3.03. The van der Waals surface area contributed by atoms with Crippen LogP contribution in [0.2, 0.25) is 0 Å². The molecule has 0 unspecified atom stereocenters. The Morgan fingerprint density at radius 3 is 2.57 bits per heavy atom. The van der Waals surface area contributed by atoms with Gasteiger partial charge in [0.15, 0.2) is 0 Å². The molecule has 0 saturated carbocycles. The quantitative estimate of drug-likeness (QED) is 0.820. The molecule has 1 N–H and O–H groups in total. The number of halogens is 1. The fourth-order valence-electron chi connectivity index (χ4n) is 1.74. The van der Waals surface area contributed by atoms with Gasteiger partial charge in [-0.25, -0.2) is 9.18 Å². The standard InChI is InChI=1S/C16H20FNO3/c1-11(2)8-9-18(3)16(21)13-6-4-12(10-14(13)17)5-7-15(19)20/h4-7,10-11H,8-9H2,1-3H3,(H,19,20). The average molecular weight is 293 g/mol. The zero-order valence-electron chi connectivity index (χ0n) is 12.5. The molecule has 1 aromatic rings. The van der Waals surface area contributed by atoms with E-state index in [9.17, 15) is 14.0 Å². The van der Waals surface area contributed by atoms with Gasteiger partial charge in [0.2, 0.25) is 0 Å². The lowest BCUT2D eigenvalue weighted by molar-refractivity contribution is -0.131. The highest BCUT2D eigenvalue weighted by Gasteiger charge is 2.16. The van der Waals surface area contributed by atoms with Crippen molar-refractivity contribution in [1.82, 2.24) is 4.90 Å². The number of aliphatic carboxylic acids is 1. The third kappa shape index (κ3) is 5.38. The first-order chi connectivity index (χ1) is 9.81. The van der Waals surface area contributed by atoms with Crippen molar-refractivity contribution < 1.29 is 19.1 Å². The number of carboxylic acid groups (broad SMARTS) is 1. The predicted molar refractivity (Wildman–Crippen MR) is 79.5 cm³/mol. The molecule has 0 aliphatic rings. The Morgan fingerprint density at radius 1 is 1.38 bits per heavy atom. The van der Waals surface area contributed by atoms with Gasteiger partial charge in [-0.2, -0.15) is 0 Å². The summed E-state index contributed by atoms with van der Waals surface area (Å²) in [6.07, 6.45) is 3.05. The molecule has 0 spiro atoms. The SMILES string of the molecule is CC(C)CCN(C)C(=O)c1ccc(C=CC(=O)O)cc1F. The molecule has 4 nitrogen and oxygen atoms in total. The molecule has 0 saturated heterocycles. The van der Waals surface area contributed by atoms with Gasteiger partial charge in [-0.3, -0.25) is 4.79 Å². The molecular weight excluding hydrogens is 273 g/mol.